The fourth-order valence-electron chi connectivity index (χ4n) is 3.65. The number of ether oxygens (including phenoxy) is 2. The van der Waals surface area contributed by atoms with Crippen molar-refractivity contribution in [3.63, 3.8) is 0 Å². The van der Waals surface area contributed by atoms with Gasteiger partial charge in [0.25, 0.3) is 0 Å². The van der Waals surface area contributed by atoms with Gasteiger partial charge >= 0.3 is 0 Å². The average molecular weight is 494 g/mol. The van der Waals surface area contributed by atoms with Gasteiger partial charge in [-0.1, -0.05) is 17.7 Å². The van der Waals surface area contributed by atoms with E-state index in [2.05, 4.69) is 17.1 Å². The summed E-state index contributed by atoms with van der Waals surface area (Å²) in [4.78, 5) is 7.21. The molecule has 7 heteroatoms. The van der Waals surface area contributed by atoms with Crippen LogP contribution in [0.15, 0.2) is 23.2 Å². The molecule has 3 rings (SSSR count). The van der Waals surface area contributed by atoms with Gasteiger partial charge in [-0.25, -0.2) is 0 Å². The van der Waals surface area contributed by atoms with E-state index in [0.29, 0.717) is 12.0 Å². The number of rotatable bonds is 5. The van der Waals surface area contributed by atoms with E-state index in [0.717, 1.165) is 61.6 Å². The van der Waals surface area contributed by atoms with Crippen LogP contribution in [0.1, 0.15) is 25.3 Å². The third kappa shape index (κ3) is 5.16. The van der Waals surface area contributed by atoms with Gasteiger partial charge in [0.2, 0.25) is 0 Å². The minimum atomic E-state index is 0. The van der Waals surface area contributed by atoms with E-state index in [1.54, 1.807) is 7.11 Å². The van der Waals surface area contributed by atoms with Crippen molar-refractivity contribution in [2.24, 2.45) is 10.4 Å². The van der Waals surface area contributed by atoms with E-state index in [1.165, 1.54) is 12.8 Å². The highest BCUT2D eigenvalue weighted by atomic mass is 127. The predicted octanol–water partition coefficient (Wildman–Crippen LogP) is 3.59. The van der Waals surface area contributed by atoms with Gasteiger partial charge in [0, 0.05) is 43.2 Å². The van der Waals surface area contributed by atoms with Crippen molar-refractivity contribution < 1.29 is 9.47 Å². The Bertz CT molecular complexity index is 621. The highest BCUT2D eigenvalue weighted by Gasteiger charge is 2.42. The lowest BCUT2D eigenvalue weighted by atomic mass is 9.87. The van der Waals surface area contributed by atoms with E-state index in [1.807, 2.05) is 18.2 Å². The zero-order valence-electron chi connectivity index (χ0n) is 15.6. The molecule has 2 fully saturated rings. The van der Waals surface area contributed by atoms with E-state index in [-0.39, 0.29) is 24.0 Å². The summed E-state index contributed by atoms with van der Waals surface area (Å²) < 4.78 is 10.8. The Morgan fingerprint density at radius 3 is 2.92 bits per heavy atom. The molecule has 2 saturated heterocycles. The maximum atomic E-state index is 6.33. The molecule has 0 saturated carbocycles. The van der Waals surface area contributed by atoms with Crippen LogP contribution in [0.25, 0.3) is 0 Å². The van der Waals surface area contributed by atoms with Gasteiger partial charge in [0.15, 0.2) is 5.96 Å². The molecule has 1 aromatic rings. The smallest absolute Gasteiger partial charge is 0.193 e. The summed E-state index contributed by atoms with van der Waals surface area (Å²) in [7, 11) is 1.65. The van der Waals surface area contributed by atoms with Crippen molar-refractivity contribution in [3.8, 4) is 5.75 Å². The first-order valence-electron chi connectivity index (χ1n) is 9.09. The second-order valence-corrected chi connectivity index (χ2v) is 7.32. The molecular weight excluding hydrogens is 465 g/mol. The van der Waals surface area contributed by atoms with Crippen LogP contribution < -0.4 is 10.1 Å². The maximum absolute atomic E-state index is 6.33. The van der Waals surface area contributed by atoms with Gasteiger partial charge in [-0.15, -0.1) is 24.0 Å². The van der Waals surface area contributed by atoms with E-state index < -0.39 is 0 Å². The molecule has 2 aliphatic rings. The molecule has 1 atom stereocenters. The topological polar surface area (TPSA) is 46.1 Å². The van der Waals surface area contributed by atoms with E-state index >= 15 is 0 Å². The molecule has 146 valence electrons. The summed E-state index contributed by atoms with van der Waals surface area (Å²) >= 11 is 6.33. The zero-order valence-corrected chi connectivity index (χ0v) is 18.7. The Morgan fingerprint density at radius 2 is 2.27 bits per heavy atom. The number of halogens is 2. The van der Waals surface area contributed by atoms with E-state index in [9.17, 15) is 0 Å². The van der Waals surface area contributed by atoms with Crippen molar-refractivity contribution in [2.45, 2.75) is 26.2 Å². The van der Waals surface area contributed by atoms with Crippen LogP contribution in [0.2, 0.25) is 5.02 Å². The lowest BCUT2D eigenvalue weighted by Crippen LogP contribution is -2.41. The van der Waals surface area contributed by atoms with E-state index in [4.69, 9.17) is 26.1 Å². The van der Waals surface area contributed by atoms with Crippen LogP contribution in [0.5, 0.6) is 5.75 Å². The second-order valence-electron chi connectivity index (χ2n) is 6.92. The fraction of sp³-hybridized carbons (Fsp3) is 0.632. The van der Waals surface area contributed by atoms with Crippen molar-refractivity contribution in [1.29, 1.82) is 0 Å². The third-order valence-electron chi connectivity index (χ3n) is 5.16. The van der Waals surface area contributed by atoms with Gasteiger partial charge in [0.05, 0.1) is 13.7 Å². The molecule has 2 heterocycles. The standard InChI is InChI=1S/C19H28ClN3O2.HI/c1-3-21-18(23-10-7-19(13-23)8-11-25-14-19)22-9-6-15-4-5-16(24-2)12-17(15)20;/h4-5,12H,3,6-11,13-14H2,1-2H3,(H,21,22);1H. The first-order valence-corrected chi connectivity index (χ1v) is 9.47. The summed E-state index contributed by atoms with van der Waals surface area (Å²) in [6.45, 7) is 7.60. The van der Waals surface area contributed by atoms with Crippen LogP contribution in [-0.4, -0.2) is 57.4 Å². The monoisotopic (exact) mass is 493 g/mol. The number of nitrogens with one attached hydrogen (secondary N) is 1. The quantitative estimate of drug-likeness (QED) is 0.387. The molecule has 26 heavy (non-hydrogen) atoms. The minimum Gasteiger partial charge on any atom is -0.497 e. The highest BCUT2D eigenvalue weighted by molar-refractivity contribution is 14.0. The van der Waals surface area contributed by atoms with Gasteiger partial charge in [-0.05, 0) is 43.9 Å². The molecule has 0 aromatic heterocycles. The number of hydrogen-bond donors (Lipinski definition) is 1. The molecule has 1 aromatic carbocycles. The second kappa shape index (κ2) is 9.99. The number of likely N-dealkylation sites (tertiary alicyclic amines) is 1. The molecule has 1 N–H and O–H groups in total. The normalized spacial score (nSPS) is 22.6. The van der Waals surface area contributed by atoms with Gasteiger partial charge < -0.3 is 19.7 Å². The Labute approximate surface area is 178 Å². The largest absolute Gasteiger partial charge is 0.497 e. The highest BCUT2D eigenvalue weighted by Crippen LogP contribution is 2.38. The molecule has 0 bridgehead atoms. The van der Waals surface area contributed by atoms with Crippen LogP contribution >= 0.6 is 35.6 Å². The van der Waals surface area contributed by atoms with Crippen molar-refractivity contribution in [3.05, 3.63) is 28.8 Å². The van der Waals surface area contributed by atoms with Gasteiger partial charge in [-0.2, -0.15) is 0 Å². The number of hydrogen-bond acceptors (Lipinski definition) is 3. The van der Waals surface area contributed by atoms with Gasteiger partial charge in [-0.3, -0.25) is 4.99 Å². The van der Waals surface area contributed by atoms with Crippen LogP contribution in [0.3, 0.4) is 0 Å². The Morgan fingerprint density at radius 1 is 1.42 bits per heavy atom. The first-order chi connectivity index (χ1) is 12.2. The summed E-state index contributed by atoms with van der Waals surface area (Å²) in [5, 5.41) is 4.17. The lowest BCUT2D eigenvalue weighted by molar-refractivity contribution is 0.156. The fourth-order valence-corrected chi connectivity index (χ4v) is 3.92. The molecule has 1 spiro atoms. The first kappa shape index (κ1) is 21.6. The molecule has 5 nitrogen and oxygen atoms in total. The zero-order chi connectivity index (χ0) is 17.7. The van der Waals surface area contributed by atoms with Crippen molar-refractivity contribution in [1.82, 2.24) is 10.2 Å². The average Bonchev–Trinajstić information content (AvgIpc) is 3.25. The Hall–Kier alpha value is -0.730. The number of benzene rings is 1. The third-order valence-corrected chi connectivity index (χ3v) is 5.51. The summed E-state index contributed by atoms with van der Waals surface area (Å²) in [5.41, 5.74) is 1.44. The minimum absolute atomic E-state index is 0. The SMILES string of the molecule is CCNC(=NCCc1ccc(OC)cc1Cl)N1CCC2(CCOC2)C1.I. The van der Waals surface area contributed by atoms with Crippen molar-refractivity contribution >= 4 is 41.5 Å². The predicted molar refractivity (Wildman–Crippen MR) is 117 cm³/mol. The number of guanidine groups is 1. The number of nitrogens with zero attached hydrogens (tertiary/aromatic N) is 2. The number of aliphatic imine (C=N–C) groups is 1. The Kier molecular flexibility index (Phi) is 8.29. The molecule has 2 aliphatic heterocycles. The van der Waals surface area contributed by atoms with Crippen LogP contribution in [-0.2, 0) is 11.2 Å². The summed E-state index contributed by atoms with van der Waals surface area (Å²) in [6, 6.07) is 5.82. The molecule has 0 aliphatic carbocycles. The summed E-state index contributed by atoms with van der Waals surface area (Å²) in [5.74, 6) is 1.79. The maximum Gasteiger partial charge on any atom is 0.193 e. The Balaban J connectivity index is 0.00000243. The lowest BCUT2D eigenvalue weighted by Gasteiger charge is -2.25. The van der Waals surface area contributed by atoms with Crippen molar-refractivity contribution in [2.75, 3.05) is 46.5 Å². The number of methoxy groups -OCH3 is 1. The van der Waals surface area contributed by atoms with Crippen LogP contribution in [0.4, 0.5) is 0 Å². The molecule has 1 unspecified atom stereocenters. The molecule has 0 radical (unpaired) electrons. The molecule has 0 amide bonds. The van der Waals surface area contributed by atoms with Crippen LogP contribution in [0, 0.1) is 5.41 Å². The molecular formula is C19H29ClIN3O2. The summed E-state index contributed by atoms with van der Waals surface area (Å²) in [6.07, 6.45) is 3.19. The van der Waals surface area contributed by atoms with Gasteiger partial charge in [0.1, 0.15) is 5.75 Å².